The minimum absolute atomic E-state index is 0.0437. The Hall–Kier alpha value is -2.01. The summed E-state index contributed by atoms with van der Waals surface area (Å²) in [5.41, 5.74) is 7.45. The van der Waals surface area contributed by atoms with E-state index in [-0.39, 0.29) is 16.7 Å². The Bertz CT molecular complexity index is 598. The first-order valence-electron chi connectivity index (χ1n) is 6.40. The molecule has 0 radical (unpaired) electrons. The zero-order valence-corrected chi connectivity index (χ0v) is 10.9. The van der Waals surface area contributed by atoms with Crippen molar-refractivity contribution in [1.29, 1.82) is 0 Å². The van der Waals surface area contributed by atoms with Crippen LogP contribution >= 0.6 is 0 Å². The maximum Gasteiger partial charge on any atom is 0.281 e. The molecule has 2 aromatic rings. The van der Waals surface area contributed by atoms with Crippen molar-refractivity contribution < 1.29 is 4.92 Å². The smallest absolute Gasteiger partial charge is 0.281 e. The second-order valence-electron chi connectivity index (χ2n) is 4.65. The third kappa shape index (κ3) is 2.88. The average molecular weight is 259 g/mol. The van der Waals surface area contributed by atoms with Crippen LogP contribution in [-0.2, 0) is 6.42 Å². The van der Waals surface area contributed by atoms with Gasteiger partial charge in [0.1, 0.15) is 0 Å². The summed E-state index contributed by atoms with van der Waals surface area (Å²) in [6.07, 6.45) is 4.00. The maximum atomic E-state index is 11.3. The summed E-state index contributed by atoms with van der Waals surface area (Å²) in [5, 5.41) is 11.9. The van der Waals surface area contributed by atoms with Gasteiger partial charge in [0, 0.05) is 17.8 Å². The van der Waals surface area contributed by atoms with Gasteiger partial charge in [-0.25, -0.2) is 0 Å². The molecule has 2 rings (SSSR count). The highest BCUT2D eigenvalue weighted by atomic mass is 16.6. The number of nitro benzene ring substituents is 1. The largest absolute Gasteiger partial charge is 0.327 e. The minimum Gasteiger partial charge on any atom is -0.327 e. The molecular weight excluding hydrogens is 242 g/mol. The topological polar surface area (TPSA) is 82.0 Å². The third-order valence-corrected chi connectivity index (χ3v) is 3.16. The van der Waals surface area contributed by atoms with Gasteiger partial charge in [-0.2, -0.15) is 0 Å². The number of pyridine rings is 1. The van der Waals surface area contributed by atoms with E-state index in [0.717, 1.165) is 12.8 Å². The fourth-order valence-electron chi connectivity index (χ4n) is 2.32. The molecule has 0 amide bonds. The SMILES string of the molecule is CCCC(N)Cc1ccc2ncccc2c1[N+](=O)[O-]. The standard InChI is InChI=1S/C14H17N3O2/c1-2-4-11(15)9-10-6-7-13-12(5-3-8-16-13)14(10)17(18)19/h3,5-8,11H,2,4,9,15H2,1H3. The van der Waals surface area contributed by atoms with Crippen LogP contribution in [0.25, 0.3) is 10.9 Å². The zero-order valence-electron chi connectivity index (χ0n) is 10.9. The van der Waals surface area contributed by atoms with Crippen LogP contribution in [0, 0.1) is 10.1 Å². The zero-order chi connectivity index (χ0) is 13.8. The summed E-state index contributed by atoms with van der Waals surface area (Å²) in [6, 6.07) is 6.98. The number of nitro groups is 1. The molecule has 0 fully saturated rings. The Morgan fingerprint density at radius 1 is 1.42 bits per heavy atom. The Morgan fingerprint density at radius 3 is 2.89 bits per heavy atom. The molecule has 0 bridgehead atoms. The first kappa shape index (κ1) is 13.4. The Balaban J connectivity index is 2.49. The number of benzene rings is 1. The van der Waals surface area contributed by atoms with Crippen LogP contribution in [0.2, 0.25) is 0 Å². The second kappa shape index (κ2) is 5.75. The summed E-state index contributed by atoms with van der Waals surface area (Å²) in [7, 11) is 0. The Morgan fingerprint density at radius 2 is 2.21 bits per heavy atom. The molecule has 5 nitrogen and oxygen atoms in total. The Kier molecular flexibility index (Phi) is 4.06. The molecule has 2 N–H and O–H groups in total. The van der Waals surface area contributed by atoms with E-state index in [0.29, 0.717) is 22.9 Å². The molecule has 0 spiro atoms. The fourth-order valence-corrected chi connectivity index (χ4v) is 2.32. The van der Waals surface area contributed by atoms with Gasteiger partial charge in [0.05, 0.1) is 15.8 Å². The lowest BCUT2D eigenvalue weighted by Gasteiger charge is -2.11. The van der Waals surface area contributed by atoms with E-state index in [9.17, 15) is 10.1 Å². The number of hydrogen-bond donors (Lipinski definition) is 1. The van der Waals surface area contributed by atoms with E-state index >= 15 is 0 Å². The maximum absolute atomic E-state index is 11.3. The normalized spacial score (nSPS) is 12.5. The van der Waals surface area contributed by atoms with Gasteiger partial charge >= 0.3 is 0 Å². The first-order chi connectivity index (χ1) is 9.13. The molecule has 19 heavy (non-hydrogen) atoms. The first-order valence-corrected chi connectivity index (χ1v) is 6.40. The number of nitrogens with zero attached hydrogens (tertiary/aromatic N) is 2. The molecule has 0 aliphatic heterocycles. The van der Waals surface area contributed by atoms with Gasteiger partial charge in [0.15, 0.2) is 0 Å². The van der Waals surface area contributed by atoms with Gasteiger partial charge < -0.3 is 5.73 Å². The van der Waals surface area contributed by atoms with Crippen molar-refractivity contribution in [3.05, 3.63) is 46.1 Å². The molecule has 1 aromatic heterocycles. The predicted molar refractivity (Wildman–Crippen MR) is 75.0 cm³/mol. The Labute approximate surface area is 111 Å². The van der Waals surface area contributed by atoms with Crippen molar-refractivity contribution in [1.82, 2.24) is 4.98 Å². The van der Waals surface area contributed by atoms with E-state index in [2.05, 4.69) is 11.9 Å². The molecule has 5 heteroatoms. The lowest BCUT2D eigenvalue weighted by molar-refractivity contribution is -0.383. The number of fused-ring (bicyclic) bond motifs is 1. The van der Waals surface area contributed by atoms with Gasteiger partial charge in [-0.3, -0.25) is 15.1 Å². The molecule has 0 aliphatic rings. The predicted octanol–water partition coefficient (Wildman–Crippen LogP) is 2.81. The molecular formula is C14H17N3O2. The summed E-state index contributed by atoms with van der Waals surface area (Å²) in [5.74, 6) is 0. The monoisotopic (exact) mass is 259 g/mol. The molecule has 1 heterocycles. The molecule has 0 aliphatic carbocycles. The van der Waals surface area contributed by atoms with Gasteiger partial charge in [-0.05, 0) is 37.1 Å². The van der Waals surface area contributed by atoms with Gasteiger partial charge in [-0.15, -0.1) is 0 Å². The quantitative estimate of drug-likeness (QED) is 0.661. The highest BCUT2D eigenvalue weighted by molar-refractivity contribution is 5.89. The number of aromatic nitrogens is 1. The van der Waals surface area contributed by atoms with E-state index < -0.39 is 0 Å². The van der Waals surface area contributed by atoms with Crippen LogP contribution in [0.4, 0.5) is 5.69 Å². The van der Waals surface area contributed by atoms with Crippen LogP contribution in [0.5, 0.6) is 0 Å². The second-order valence-corrected chi connectivity index (χ2v) is 4.65. The lowest BCUT2D eigenvalue weighted by atomic mass is 9.99. The van der Waals surface area contributed by atoms with Crippen LogP contribution in [-0.4, -0.2) is 15.9 Å². The van der Waals surface area contributed by atoms with Gasteiger partial charge in [-0.1, -0.05) is 13.3 Å². The van der Waals surface area contributed by atoms with Crippen LogP contribution in [0.15, 0.2) is 30.5 Å². The van der Waals surface area contributed by atoms with Crippen molar-refractivity contribution in [2.24, 2.45) is 5.73 Å². The van der Waals surface area contributed by atoms with Gasteiger partial charge in [0.2, 0.25) is 0 Å². The molecule has 0 saturated heterocycles. The molecule has 1 atom stereocenters. The van der Waals surface area contributed by atoms with E-state index in [1.165, 1.54) is 0 Å². The van der Waals surface area contributed by atoms with Crippen molar-refractivity contribution in [3.63, 3.8) is 0 Å². The summed E-state index contributed by atoms with van der Waals surface area (Å²) in [6.45, 7) is 2.05. The van der Waals surface area contributed by atoms with E-state index in [1.807, 2.05) is 6.07 Å². The lowest BCUT2D eigenvalue weighted by Crippen LogP contribution is -2.22. The highest BCUT2D eigenvalue weighted by Gasteiger charge is 2.20. The van der Waals surface area contributed by atoms with Crippen molar-refractivity contribution in [2.45, 2.75) is 32.2 Å². The van der Waals surface area contributed by atoms with Crippen molar-refractivity contribution in [2.75, 3.05) is 0 Å². The minimum atomic E-state index is -0.335. The summed E-state index contributed by atoms with van der Waals surface area (Å²) in [4.78, 5) is 15.1. The van der Waals surface area contributed by atoms with Crippen LogP contribution in [0.3, 0.4) is 0 Å². The number of nitrogens with two attached hydrogens (primary N) is 1. The number of hydrogen-bond acceptors (Lipinski definition) is 4. The van der Waals surface area contributed by atoms with Crippen LogP contribution in [0.1, 0.15) is 25.3 Å². The van der Waals surface area contributed by atoms with Crippen molar-refractivity contribution >= 4 is 16.6 Å². The number of rotatable bonds is 5. The third-order valence-electron chi connectivity index (χ3n) is 3.16. The fraction of sp³-hybridized carbons (Fsp3) is 0.357. The van der Waals surface area contributed by atoms with Gasteiger partial charge in [0.25, 0.3) is 5.69 Å². The highest BCUT2D eigenvalue weighted by Crippen LogP contribution is 2.29. The van der Waals surface area contributed by atoms with E-state index in [1.54, 1.807) is 24.4 Å². The van der Waals surface area contributed by atoms with E-state index in [4.69, 9.17) is 5.73 Å². The summed E-state index contributed by atoms with van der Waals surface area (Å²) >= 11 is 0. The molecule has 100 valence electrons. The molecule has 1 unspecified atom stereocenters. The average Bonchev–Trinajstić information content (AvgIpc) is 2.38. The summed E-state index contributed by atoms with van der Waals surface area (Å²) < 4.78 is 0. The van der Waals surface area contributed by atoms with Crippen LogP contribution < -0.4 is 5.73 Å². The van der Waals surface area contributed by atoms with Crippen molar-refractivity contribution in [3.8, 4) is 0 Å². The molecule has 1 aromatic carbocycles. The molecule has 0 saturated carbocycles.